The van der Waals surface area contributed by atoms with Gasteiger partial charge in [-0.25, -0.2) is 4.98 Å². The van der Waals surface area contributed by atoms with Gasteiger partial charge in [0, 0.05) is 32.9 Å². The molecule has 1 amide bonds. The van der Waals surface area contributed by atoms with E-state index in [2.05, 4.69) is 21.0 Å². The van der Waals surface area contributed by atoms with E-state index < -0.39 is 5.41 Å². The van der Waals surface area contributed by atoms with Crippen LogP contribution in [0.25, 0.3) is 11.2 Å². The Kier molecular flexibility index (Phi) is 3.22. The third kappa shape index (κ3) is 2.09. The first-order valence-electron chi connectivity index (χ1n) is 9.05. The van der Waals surface area contributed by atoms with Gasteiger partial charge in [0.1, 0.15) is 0 Å². The van der Waals surface area contributed by atoms with Crippen LogP contribution in [0.15, 0.2) is 35.4 Å². The number of benzene rings is 1. The predicted octanol–water partition coefficient (Wildman–Crippen LogP) is 1.17. The van der Waals surface area contributed by atoms with Crippen molar-refractivity contribution >= 4 is 28.7 Å². The number of H-pyrrole nitrogens is 1. The van der Waals surface area contributed by atoms with Gasteiger partial charge in [-0.3, -0.25) is 14.6 Å². The van der Waals surface area contributed by atoms with Crippen LogP contribution >= 0.6 is 0 Å². The van der Waals surface area contributed by atoms with Crippen LogP contribution in [0.1, 0.15) is 18.4 Å². The van der Waals surface area contributed by atoms with Gasteiger partial charge in [-0.2, -0.15) is 4.98 Å². The van der Waals surface area contributed by atoms with E-state index in [4.69, 9.17) is 0 Å². The summed E-state index contributed by atoms with van der Waals surface area (Å²) < 4.78 is 1.74. The smallest absolute Gasteiger partial charge is 0.280 e. The summed E-state index contributed by atoms with van der Waals surface area (Å²) in [6.45, 7) is 1.31. The molecule has 3 aromatic rings. The fourth-order valence-electron chi connectivity index (χ4n) is 4.45. The lowest BCUT2D eigenvalue weighted by atomic mass is 9.73. The molecule has 1 fully saturated rings. The second kappa shape index (κ2) is 5.42. The summed E-state index contributed by atoms with van der Waals surface area (Å²) in [6.07, 6.45) is 2.98. The van der Waals surface area contributed by atoms with Crippen molar-refractivity contribution in [3.63, 3.8) is 0 Å². The van der Waals surface area contributed by atoms with Crippen LogP contribution in [0, 0.1) is 0 Å². The lowest BCUT2D eigenvalue weighted by Crippen LogP contribution is -2.48. The maximum absolute atomic E-state index is 13.0. The first-order valence-corrected chi connectivity index (χ1v) is 9.05. The van der Waals surface area contributed by atoms with Gasteiger partial charge >= 0.3 is 0 Å². The third-order valence-corrected chi connectivity index (χ3v) is 5.97. The molecule has 0 bridgehead atoms. The second-order valence-corrected chi connectivity index (χ2v) is 7.37. The topological polar surface area (TPSA) is 87.1 Å². The second-order valence-electron chi connectivity index (χ2n) is 7.37. The predicted molar refractivity (Wildman–Crippen MR) is 102 cm³/mol. The largest absolute Gasteiger partial charge is 0.342 e. The van der Waals surface area contributed by atoms with Crippen molar-refractivity contribution in [2.24, 2.45) is 7.05 Å². The quantitative estimate of drug-likeness (QED) is 0.700. The number of likely N-dealkylation sites (N-methyl/N-ethyl adjacent to an activating group) is 1. The zero-order valence-corrected chi connectivity index (χ0v) is 15.3. The van der Waals surface area contributed by atoms with Gasteiger partial charge in [0.05, 0.1) is 11.7 Å². The molecular weight excluding hydrogens is 344 g/mol. The van der Waals surface area contributed by atoms with E-state index in [1.54, 1.807) is 15.8 Å². The monoisotopic (exact) mass is 364 g/mol. The first kappa shape index (κ1) is 16.0. The SMILES string of the molecule is CN1C(=O)C2(CCN(c3nc4c(ncn4C)c(=O)[nH]3)CC2)c2ccccc21. The number of aromatic amines is 1. The maximum Gasteiger partial charge on any atom is 0.280 e. The average molecular weight is 364 g/mol. The van der Waals surface area contributed by atoms with Crippen molar-refractivity contribution in [1.82, 2.24) is 19.5 Å². The van der Waals surface area contributed by atoms with Crippen LogP contribution in [0.3, 0.4) is 0 Å². The summed E-state index contributed by atoms with van der Waals surface area (Å²) >= 11 is 0. The molecule has 1 N–H and O–H groups in total. The number of aromatic nitrogens is 4. The van der Waals surface area contributed by atoms with E-state index in [1.807, 2.05) is 37.2 Å². The minimum Gasteiger partial charge on any atom is -0.342 e. The number of nitrogens with one attached hydrogen (secondary N) is 1. The molecule has 0 saturated carbocycles. The normalized spacial score (nSPS) is 18.5. The van der Waals surface area contributed by atoms with Gasteiger partial charge in [-0.15, -0.1) is 0 Å². The highest BCUT2D eigenvalue weighted by Crippen LogP contribution is 2.47. The van der Waals surface area contributed by atoms with Gasteiger partial charge in [0.2, 0.25) is 11.9 Å². The minimum atomic E-state index is -0.473. The number of hydrogen-bond donors (Lipinski definition) is 1. The van der Waals surface area contributed by atoms with Crippen LogP contribution in [0.5, 0.6) is 0 Å². The molecule has 138 valence electrons. The number of imidazole rings is 1. The number of anilines is 2. The molecule has 2 aromatic heterocycles. The third-order valence-electron chi connectivity index (χ3n) is 5.97. The highest BCUT2D eigenvalue weighted by molar-refractivity contribution is 6.07. The first-order chi connectivity index (χ1) is 13.0. The minimum absolute atomic E-state index is 0.159. The number of amides is 1. The molecule has 2 aliphatic heterocycles. The molecule has 8 nitrogen and oxygen atoms in total. The average Bonchev–Trinajstić information content (AvgIpc) is 3.16. The maximum atomic E-state index is 13.0. The van der Waals surface area contributed by atoms with Gasteiger partial charge in [0.15, 0.2) is 11.2 Å². The van der Waals surface area contributed by atoms with Crippen LogP contribution in [0.2, 0.25) is 0 Å². The molecule has 1 saturated heterocycles. The van der Waals surface area contributed by atoms with Crippen molar-refractivity contribution in [3.8, 4) is 0 Å². The highest BCUT2D eigenvalue weighted by atomic mass is 16.2. The summed E-state index contributed by atoms with van der Waals surface area (Å²) in [4.78, 5) is 40.7. The Labute approximate surface area is 155 Å². The summed E-state index contributed by atoms with van der Waals surface area (Å²) in [5, 5.41) is 0. The van der Waals surface area contributed by atoms with Crippen LogP contribution in [-0.4, -0.2) is 45.6 Å². The zero-order valence-electron chi connectivity index (χ0n) is 15.3. The summed E-state index contributed by atoms with van der Waals surface area (Å²) in [5.74, 6) is 0.699. The van der Waals surface area contributed by atoms with Gasteiger partial charge < -0.3 is 14.4 Å². The van der Waals surface area contributed by atoms with Crippen molar-refractivity contribution in [2.45, 2.75) is 18.3 Å². The fourth-order valence-corrected chi connectivity index (χ4v) is 4.45. The molecule has 1 aromatic carbocycles. The Bertz CT molecular complexity index is 1120. The number of nitrogens with zero attached hydrogens (tertiary/aromatic N) is 5. The number of hydrogen-bond acceptors (Lipinski definition) is 5. The Morgan fingerprint density at radius 1 is 1.11 bits per heavy atom. The van der Waals surface area contributed by atoms with Crippen LogP contribution in [0.4, 0.5) is 11.6 Å². The molecule has 27 heavy (non-hydrogen) atoms. The number of para-hydroxylation sites is 1. The highest BCUT2D eigenvalue weighted by Gasteiger charge is 2.51. The molecule has 0 aliphatic carbocycles. The van der Waals surface area contributed by atoms with Crippen molar-refractivity contribution < 1.29 is 4.79 Å². The van der Waals surface area contributed by atoms with E-state index in [-0.39, 0.29) is 11.5 Å². The Morgan fingerprint density at radius 3 is 2.63 bits per heavy atom. The number of piperidine rings is 1. The van der Waals surface area contributed by atoms with E-state index in [9.17, 15) is 9.59 Å². The molecule has 0 radical (unpaired) electrons. The Balaban J connectivity index is 1.48. The van der Waals surface area contributed by atoms with Gasteiger partial charge in [0.25, 0.3) is 5.56 Å². The molecule has 8 heteroatoms. The van der Waals surface area contributed by atoms with Gasteiger partial charge in [-0.1, -0.05) is 18.2 Å². The molecule has 4 heterocycles. The molecule has 2 aliphatic rings. The zero-order chi connectivity index (χ0) is 18.8. The summed E-state index contributed by atoms with van der Waals surface area (Å²) in [5.41, 5.74) is 2.31. The lowest BCUT2D eigenvalue weighted by Gasteiger charge is -2.38. The molecular formula is C19H20N6O2. The van der Waals surface area contributed by atoms with Crippen molar-refractivity contribution in [1.29, 1.82) is 0 Å². The van der Waals surface area contributed by atoms with Crippen LogP contribution in [-0.2, 0) is 17.3 Å². The number of fused-ring (bicyclic) bond motifs is 3. The molecule has 0 unspecified atom stereocenters. The molecule has 1 spiro atoms. The van der Waals surface area contributed by atoms with Crippen LogP contribution < -0.4 is 15.4 Å². The van der Waals surface area contributed by atoms with E-state index in [0.717, 1.165) is 11.3 Å². The Morgan fingerprint density at radius 2 is 1.85 bits per heavy atom. The molecule has 5 rings (SSSR count). The fraction of sp³-hybridized carbons (Fsp3) is 0.368. The van der Waals surface area contributed by atoms with E-state index in [0.29, 0.717) is 43.0 Å². The van der Waals surface area contributed by atoms with Crippen molar-refractivity contribution in [2.75, 3.05) is 29.9 Å². The standard InChI is InChI=1S/C19H20N6O2/c1-23-11-20-14-15(23)21-18(22-16(14)26)25-9-7-19(8-10-25)12-5-3-4-6-13(12)24(2)17(19)27/h3-6,11H,7-10H2,1-2H3,(H,21,22,26). The Hall–Kier alpha value is -3.16. The van der Waals surface area contributed by atoms with Crippen molar-refractivity contribution in [3.05, 3.63) is 46.5 Å². The molecule has 0 atom stereocenters. The number of carbonyl (C=O) groups excluding carboxylic acids is 1. The summed E-state index contributed by atoms with van der Waals surface area (Å²) in [6, 6.07) is 8.03. The van der Waals surface area contributed by atoms with E-state index >= 15 is 0 Å². The lowest BCUT2D eigenvalue weighted by molar-refractivity contribution is -0.123. The number of rotatable bonds is 1. The number of aryl methyl sites for hydroxylation is 1. The number of carbonyl (C=O) groups is 1. The van der Waals surface area contributed by atoms with Gasteiger partial charge in [-0.05, 0) is 24.5 Å². The van der Waals surface area contributed by atoms with E-state index in [1.165, 1.54) is 0 Å². The summed E-state index contributed by atoms with van der Waals surface area (Å²) in [7, 11) is 3.67.